The number of benzene rings is 1. The average Bonchev–Trinajstić information content (AvgIpc) is 2.16. The van der Waals surface area contributed by atoms with Crippen LogP contribution in [0.5, 0.6) is 0 Å². The zero-order chi connectivity index (χ0) is 12.4. The number of nitrogens with one attached hydrogen (secondary N) is 1. The van der Waals surface area contributed by atoms with Crippen LogP contribution in [0.3, 0.4) is 0 Å². The van der Waals surface area contributed by atoms with Gasteiger partial charge in [-0.2, -0.15) is 0 Å². The third-order valence-electron chi connectivity index (χ3n) is 2.86. The van der Waals surface area contributed by atoms with Gasteiger partial charge in [0, 0.05) is 6.54 Å². The molecule has 0 aromatic heterocycles. The SMILES string of the molecule is CNCC(C)(F)c1ccc(C(C)(C)C)cc1. The molecule has 0 heterocycles. The van der Waals surface area contributed by atoms with Crippen molar-refractivity contribution < 1.29 is 4.39 Å². The maximum absolute atomic E-state index is 14.2. The van der Waals surface area contributed by atoms with E-state index in [9.17, 15) is 4.39 Å². The fourth-order valence-electron chi connectivity index (χ4n) is 1.75. The molecule has 2 heteroatoms. The van der Waals surface area contributed by atoms with Gasteiger partial charge in [0.15, 0.2) is 0 Å². The predicted molar refractivity (Wildman–Crippen MR) is 67.5 cm³/mol. The second-order valence-electron chi connectivity index (χ2n) is 5.56. The van der Waals surface area contributed by atoms with E-state index in [0.717, 1.165) is 5.56 Å². The molecule has 1 unspecified atom stereocenters. The molecule has 0 amide bonds. The average molecular weight is 223 g/mol. The third-order valence-corrected chi connectivity index (χ3v) is 2.86. The van der Waals surface area contributed by atoms with E-state index in [0.29, 0.717) is 6.54 Å². The number of alkyl halides is 1. The molecule has 0 spiro atoms. The van der Waals surface area contributed by atoms with Crippen molar-refractivity contribution in [3.05, 3.63) is 35.4 Å². The van der Waals surface area contributed by atoms with E-state index in [1.54, 1.807) is 14.0 Å². The Bertz CT molecular complexity index is 333. The zero-order valence-electron chi connectivity index (χ0n) is 10.9. The van der Waals surface area contributed by atoms with E-state index in [1.165, 1.54) is 5.56 Å². The number of likely N-dealkylation sites (N-methyl/N-ethyl adjacent to an activating group) is 1. The molecule has 0 fully saturated rings. The first kappa shape index (κ1) is 13.2. The van der Waals surface area contributed by atoms with Crippen molar-refractivity contribution in [3.63, 3.8) is 0 Å². The number of rotatable bonds is 3. The first-order chi connectivity index (χ1) is 7.27. The van der Waals surface area contributed by atoms with Gasteiger partial charge < -0.3 is 5.32 Å². The van der Waals surface area contributed by atoms with Crippen LogP contribution in [0.25, 0.3) is 0 Å². The Morgan fingerprint density at radius 2 is 1.44 bits per heavy atom. The minimum Gasteiger partial charge on any atom is -0.316 e. The smallest absolute Gasteiger partial charge is 0.145 e. The number of hydrogen-bond acceptors (Lipinski definition) is 1. The molecule has 1 atom stereocenters. The van der Waals surface area contributed by atoms with Gasteiger partial charge in [-0.1, -0.05) is 45.0 Å². The van der Waals surface area contributed by atoms with Crippen molar-refractivity contribution in [2.45, 2.75) is 38.8 Å². The summed E-state index contributed by atoms with van der Waals surface area (Å²) in [6.07, 6.45) is 0. The van der Waals surface area contributed by atoms with Crippen LogP contribution in [0, 0.1) is 0 Å². The third kappa shape index (κ3) is 3.05. The van der Waals surface area contributed by atoms with Gasteiger partial charge in [0.2, 0.25) is 0 Å². The molecular weight excluding hydrogens is 201 g/mol. The molecule has 1 N–H and O–H groups in total. The summed E-state index contributed by atoms with van der Waals surface area (Å²) in [4.78, 5) is 0. The maximum atomic E-state index is 14.2. The Morgan fingerprint density at radius 1 is 1.00 bits per heavy atom. The second kappa shape index (κ2) is 4.54. The van der Waals surface area contributed by atoms with Crippen LogP contribution in [-0.2, 0) is 11.1 Å². The van der Waals surface area contributed by atoms with Crippen LogP contribution in [0.15, 0.2) is 24.3 Å². The highest BCUT2D eigenvalue weighted by Crippen LogP contribution is 2.28. The Balaban J connectivity index is 2.95. The quantitative estimate of drug-likeness (QED) is 0.828. The highest BCUT2D eigenvalue weighted by atomic mass is 19.1. The zero-order valence-corrected chi connectivity index (χ0v) is 10.9. The van der Waals surface area contributed by atoms with Gasteiger partial charge >= 0.3 is 0 Å². The lowest BCUT2D eigenvalue weighted by atomic mass is 9.85. The largest absolute Gasteiger partial charge is 0.316 e. The van der Waals surface area contributed by atoms with Gasteiger partial charge in [-0.3, -0.25) is 0 Å². The van der Waals surface area contributed by atoms with Crippen LogP contribution in [0.4, 0.5) is 4.39 Å². The van der Waals surface area contributed by atoms with Crippen molar-refractivity contribution in [3.8, 4) is 0 Å². The molecular formula is C14H22FN. The fraction of sp³-hybridized carbons (Fsp3) is 0.571. The van der Waals surface area contributed by atoms with E-state index < -0.39 is 5.67 Å². The second-order valence-corrected chi connectivity index (χ2v) is 5.56. The molecule has 90 valence electrons. The lowest BCUT2D eigenvalue weighted by Crippen LogP contribution is -2.29. The summed E-state index contributed by atoms with van der Waals surface area (Å²) in [5, 5.41) is 2.88. The van der Waals surface area contributed by atoms with Crippen molar-refractivity contribution >= 4 is 0 Å². The molecule has 0 saturated carbocycles. The molecule has 1 aromatic rings. The van der Waals surface area contributed by atoms with Gasteiger partial charge in [0.1, 0.15) is 5.67 Å². The van der Waals surface area contributed by atoms with Crippen molar-refractivity contribution in [2.75, 3.05) is 13.6 Å². The summed E-state index contributed by atoms with van der Waals surface area (Å²) in [6, 6.07) is 7.81. The van der Waals surface area contributed by atoms with Gasteiger partial charge in [0.25, 0.3) is 0 Å². The molecule has 0 radical (unpaired) electrons. The summed E-state index contributed by atoms with van der Waals surface area (Å²) < 4.78 is 14.2. The molecule has 0 aliphatic heterocycles. The minimum absolute atomic E-state index is 0.119. The van der Waals surface area contributed by atoms with E-state index in [2.05, 4.69) is 26.1 Å². The number of hydrogen-bond donors (Lipinski definition) is 1. The van der Waals surface area contributed by atoms with Crippen LogP contribution in [0.1, 0.15) is 38.8 Å². The van der Waals surface area contributed by atoms with Gasteiger partial charge in [-0.25, -0.2) is 4.39 Å². The summed E-state index contributed by atoms with van der Waals surface area (Å²) >= 11 is 0. The molecule has 1 aromatic carbocycles. The van der Waals surface area contributed by atoms with E-state index >= 15 is 0 Å². The summed E-state index contributed by atoms with van der Waals surface area (Å²) in [6.45, 7) is 8.41. The maximum Gasteiger partial charge on any atom is 0.145 e. The van der Waals surface area contributed by atoms with Crippen LogP contribution < -0.4 is 5.32 Å². The standard InChI is InChI=1S/C14H22FN/c1-13(2,3)11-6-8-12(9-7-11)14(4,15)10-16-5/h6-9,16H,10H2,1-5H3. The van der Waals surface area contributed by atoms with Crippen LogP contribution >= 0.6 is 0 Å². The Hall–Kier alpha value is -0.890. The van der Waals surface area contributed by atoms with Gasteiger partial charge in [0.05, 0.1) is 0 Å². The molecule has 0 saturated heterocycles. The van der Waals surface area contributed by atoms with Crippen LogP contribution in [-0.4, -0.2) is 13.6 Å². The van der Waals surface area contributed by atoms with E-state index in [-0.39, 0.29) is 5.41 Å². The summed E-state index contributed by atoms with van der Waals surface area (Å²) in [5.74, 6) is 0. The molecule has 1 rings (SSSR count). The molecule has 0 aliphatic rings. The molecule has 16 heavy (non-hydrogen) atoms. The Kier molecular flexibility index (Phi) is 3.74. The lowest BCUT2D eigenvalue weighted by Gasteiger charge is -2.23. The fourth-order valence-corrected chi connectivity index (χ4v) is 1.75. The van der Waals surface area contributed by atoms with Gasteiger partial charge in [-0.05, 0) is 30.5 Å². The topological polar surface area (TPSA) is 12.0 Å². The normalized spacial score (nSPS) is 15.9. The predicted octanol–water partition coefficient (Wildman–Crippen LogP) is 3.39. The summed E-state index contributed by atoms with van der Waals surface area (Å²) in [5.41, 5.74) is 0.783. The van der Waals surface area contributed by atoms with Crippen LogP contribution in [0.2, 0.25) is 0 Å². The van der Waals surface area contributed by atoms with Crippen molar-refractivity contribution in [1.29, 1.82) is 0 Å². The van der Waals surface area contributed by atoms with Crippen molar-refractivity contribution in [1.82, 2.24) is 5.32 Å². The Morgan fingerprint density at radius 3 is 1.81 bits per heavy atom. The number of halogens is 1. The molecule has 1 nitrogen and oxygen atoms in total. The monoisotopic (exact) mass is 223 g/mol. The Labute approximate surface area is 98.1 Å². The summed E-state index contributed by atoms with van der Waals surface area (Å²) in [7, 11) is 1.77. The highest BCUT2D eigenvalue weighted by molar-refractivity contribution is 5.30. The molecule has 0 bridgehead atoms. The minimum atomic E-state index is -1.30. The highest BCUT2D eigenvalue weighted by Gasteiger charge is 2.25. The van der Waals surface area contributed by atoms with E-state index in [4.69, 9.17) is 0 Å². The first-order valence-corrected chi connectivity index (χ1v) is 5.72. The lowest BCUT2D eigenvalue weighted by molar-refractivity contribution is 0.190. The van der Waals surface area contributed by atoms with Gasteiger partial charge in [-0.15, -0.1) is 0 Å². The van der Waals surface area contributed by atoms with Crippen molar-refractivity contribution in [2.24, 2.45) is 0 Å². The first-order valence-electron chi connectivity index (χ1n) is 5.72. The molecule has 0 aliphatic carbocycles. The van der Waals surface area contributed by atoms with E-state index in [1.807, 2.05) is 24.3 Å².